The molecule has 0 fully saturated rings. The van der Waals surface area contributed by atoms with Gasteiger partial charge < -0.3 is 0 Å². The largest absolute Gasteiger partial charge is 0.296 e. The minimum absolute atomic E-state index is 0.0447. The molecule has 0 unspecified atom stereocenters. The number of carbonyl (C=O) groups is 1. The fourth-order valence-electron chi connectivity index (χ4n) is 2.37. The van der Waals surface area contributed by atoms with E-state index in [1.54, 1.807) is 0 Å². The Hall–Kier alpha value is -2.04. The van der Waals surface area contributed by atoms with Crippen LogP contribution in [0.5, 0.6) is 0 Å². The van der Waals surface area contributed by atoms with E-state index in [-0.39, 0.29) is 26.6 Å². The predicted molar refractivity (Wildman–Crippen MR) is 114 cm³/mol. The van der Waals surface area contributed by atoms with Gasteiger partial charge in [-0.3, -0.25) is 10.1 Å². The van der Waals surface area contributed by atoms with E-state index >= 15 is 0 Å². The maximum Gasteiger partial charge on any atom is 0.272 e. The van der Waals surface area contributed by atoms with Crippen LogP contribution >= 0.6 is 34.5 Å². The van der Waals surface area contributed by atoms with Crippen LogP contribution in [0.1, 0.15) is 21.5 Å². The van der Waals surface area contributed by atoms with Gasteiger partial charge >= 0.3 is 0 Å². The van der Waals surface area contributed by atoms with E-state index in [9.17, 15) is 13.2 Å². The van der Waals surface area contributed by atoms with E-state index < -0.39 is 15.9 Å². The maximum atomic E-state index is 12.7. The van der Waals surface area contributed by atoms with Crippen LogP contribution in [-0.4, -0.2) is 35.9 Å². The molecule has 3 rings (SSSR count). The summed E-state index contributed by atoms with van der Waals surface area (Å²) in [4.78, 5) is 12.3. The maximum absolute atomic E-state index is 12.7. The second-order valence-corrected chi connectivity index (χ2v) is 10.2. The van der Waals surface area contributed by atoms with Crippen molar-refractivity contribution in [2.75, 3.05) is 12.4 Å². The second-order valence-electron chi connectivity index (χ2n) is 6.20. The number of amides is 1. The Morgan fingerprint density at radius 3 is 2.48 bits per heavy atom. The Morgan fingerprint density at radius 1 is 1.14 bits per heavy atom. The number of sulfonamides is 1. The van der Waals surface area contributed by atoms with E-state index in [1.165, 1.54) is 29.6 Å². The number of halogens is 2. The van der Waals surface area contributed by atoms with Crippen molar-refractivity contribution in [1.29, 1.82) is 0 Å². The van der Waals surface area contributed by atoms with Gasteiger partial charge in [0.15, 0.2) is 0 Å². The summed E-state index contributed by atoms with van der Waals surface area (Å²) in [5.74, 6) is -0.542. The molecule has 0 aliphatic carbocycles. The van der Waals surface area contributed by atoms with Gasteiger partial charge in [-0.05, 0) is 30.7 Å². The fraction of sp³-hybridized carbons (Fsp3) is 0.167. The van der Waals surface area contributed by atoms with Gasteiger partial charge in [-0.25, -0.2) is 8.42 Å². The highest BCUT2D eigenvalue weighted by Crippen LogP contribution is 2.26. The van der Waals surface area contributed by atoms with Crippen molar-refractivity contribution < 1.29 is 13.2 Å². The summed E-state index contributed by atoms with van der Waals surface area (Å²) in [7, 11) is -2.40. The molecular formula is C18H16Cl2N4O3S2. The second kappa shape index (κ2) is 8.76. The number of nitrogens with zero attached hydrogens (tertiary/aromatic N) is 3. The zero-order valence-corrected chi connectivity index (χ0v) is 18.5. The third kappa shape index (κ3) is 5.12. The average molecular weight is 471 g/mol. The number of aromatic nitrogens is 2. The molecule has 0 atom stereocenters. The van der Waals surface area contributed by atoms with Crippen LogP contribution in [0.4, 0.5) is 5.13 Å². The van der Waals surface area contributed by atoms with Crippen LogP contribution in [-0.2, 0) is 16.6 Å². The van der Waals surface area contributed by atoms with E-state index in [2.05, 4.69) is 15.5 Å². The van der Waals surface area contributed by atoms with Crippen molar-refractivity contribution in [3.05, 3.63) is 69.2 Å². The van der Waals surface area contributed by atoms with Crippen molar-refractivity contribution in [1.82, 2.24) is 14.5 Å². The first-order valence-corrected chi connectivity index (χ1v) is 11.3. The summed E-state index contributed by atoms with van der Waals surface area (Å²) in [6.45, 7) is 2.14. The normalized spacial score (nSPS) is 11.6. The first kappa shape index (κ1) is 21.7. The van der Waals surface area contributed by atoms with Crippen molar-refractivity contribution in [2.24, 2.45) is 0 Å². The summed E-state index contributed by atoms with van der Waals surface area (Å²) in [5.41, 5.74) is 2.12. The highest BCUT2D eigenvalue weighted by molar-refractivity contribution is 7.91. The van der Waals surface area contributed by atoms with Crippen molar-refractivity contribution in [2.45, 2.75) is 17.8 Å². The van der Waals surface area contributed by atoms with Gasteiger partial charge in [0.1, 0.15) is 0 Å². The lowest BCUT2D eigenvalue weighted by Gasteiger charge is -2.15. The Labute approximate surface area is 182 Å². The zero-order valence-electron chi connectivity index (χ0n) is 15.4. The van der Waals surface area contributed by atoms with E-state index in [0.29, 0.717) is 5.02 Å². The van der Waals surface area contributed by atoms with Crippen LogP contribution < -0.4 is 5.32 Å². The summed E-state index contributed by atoms with van der Waals surface area (Å²) in [6, 6.07) is 12.0. The lowest BCUT2D eigenvalue weighted by atomic mass is 10.1. The molecule has 1 N–H and O–H groups in total. The third-order valence-corrected chi connectivity index (χ3v) is 7.50. The Bertz CT molecular complexity index is 1150. The monoisotopic (exact) mass is 470 g/mol. The minimum atomic E-state index is -3.86. The summed E-state index contributed by atoms with van der Waals surface area (Å²) >= 11 is 12.6. The molecule has 152 valence electrons. The predicted octanol–water partition coefficient (Wildman–Crippen LogP) is 4.23. The van der Waals surface area contributed by atoms with Crippen LogP contribution in [0.2, 0.25) is 10.0 Å². The molecule has 0 radical (unpaired) electrons. The van der Waals surface area contributed by atoms with Crippen LogP contribution in [0.25, 0.3) is 0 Å². The van der Waals surface area contributed by atoms with Gasteiger partial charge in [0.2, 0.25) is 9.47 Å². The SMILES string of the molecule is Cc1ccc(CN(C)S(=O)(=O)c2nnc(NC(=O)c3ccc(Cl)cc3Cl)s2)cc1. The molecule has 0 aliphatic rings. The average Bonchev–Trinajstić information content (AvgIpc) is 3.12. The number of hydrogen-bond acceptors (Lipinski definition) is 6. The van der Waals surface area contributed by atoms with Crippen molar-refractivity contribution in [3.8, 4) is 0 Å². The van der Waals surface area contributed by atoms with Gasteiger partial charge in [0, 0.05) is 18.6 Å². The van der Waals surface area contributed by atoms with Crippen LogP contribution in [0.3, 0.4) is 0 Å². The molecular weight excluding hydrogens is 455 g/mol. The molecule has 1 aromatic heterocycles. The van der Waals surface area contributed by atoms with Crippen molar-refractivity contribution in [3.63, 3.8) is 0 Å². The van der Waals surface area contributed by atoms with E-state index in [0.717, 1.165) is 22.5 Å². The number of nitrogens with one attached hydrogen (secondary N) is 1. The number of hydrogen-bond donors (Lipinski definition) is 1. The zero-order chi connectivity index (χ0) is 21.2. The Balaban J connectivity index is 1.73. The molecule has 1 amide bonds. The first-order valence-electron chi connectivity index (χ1n) is 8.28. The van der Waals surface area contributed by atoms with Gasteiger partial charge in [-0.1, -0.05) is 64.4 Å². The fourth-order valence-corrected chi connectivity index (χ4v) is 5.11. The number of benzene rings is 2. The third-order valence-electron chi connectivity index (χ3n) is 3.96. The molecule has 0 aliphatic heterocycles. The molecule has 3 aromatic rings. The molecule has 2 aromatic carbocycles. The number of carbonyl (C=O) groups excluding carboxylic acids is 1. The topological polar surface area (TPSA) is 92.3 Å². The van der Waals surface area contributed by atoms with Crippen LogP contribution in [0.15, 0.2) is 46.8 Å². The standard InChI is InChI=1S/C18H16Cl2N4O3S2/c1-11-3-5-12(6-4-11)10-24(2)29(26,27)18-23-22-17(28-18)21-16(25)14-8-7-13(19)9-15(14)20/h3-9H,10H2,1-2H3,(H,21,22,25). The number of aryl methyl sites for hydroxylation is 1. The van der Waals surface area contributed by atoms with E-state index in [1.807, 2.05) is 31.2 Å². The lowest BCUT2D eigenvalue weighted by Crippen LogP contribution is -2.26. The highest BCUT2D eigenvalue weighted by atomic mass is 35.5. The number of rotatable bonds is 6. The number of anilines is 1. The molecule has 0 saturated carbocycles. The Kier molecular flexibility index (Phi) is 6.55. The van der Waals surface area contributed by atoms with Crippen LogP contribution in [0, 0.1) is 6.92 Å². The molecule has 1 heterocycles. The summed E-state index contributed by atoms with van der Waals surface area (Å²) in [5, 5.41) is 10.6. The quantitative estimate of drug-likeness (QED) is 0.544. The van der Waals surface area contributed by atoms with Crippen molar-refractivity contribution >= 4 is 55.6 Å². The highest BCUT2D eigenvalue weighted by Gasteiger charge is 2.26. The molecule has 0 bridgehead atoms. The Morgan fingerprint density at radius 2 is 1.83 bits per heavy atom. The molecule has 0 spiro atoms. The molecule has 0 saturated heterocycles. The molecule has 11 heteroatoms. The summed E-state index contributed by atoms with van der Waals surface area (Å²) < 4.78 is 26.5. The summed E-state index contributed by atoms with van der Waals surface area (Å²) in [6.07, 6.45) is 0. The minimum Gasteiger partial charge on any atom is -0.296 e. The first-order chi connectivity index (χ1) is 13.7. The molecule has 7 nitrogen and oxygen atoms in total. The van der Waals surface area contributed by atoms with Gasteiger partial charge in [-0.2, -0.15) is 4.31 Å². The lowest BCUT2D eigenvalue weighted by molar-refractivity contribution is 0.102. The molecule has 29 heavy (non-hydrogen) atoms. The van der Waals surface area contributed by atoms with Gasteiger partial charge in [-0.15, -0.1) is 10.2 Å². The smallest absolute Gasteiger partial charge is 0.272 e. The van der Waals surface area contributed by atoms with Gasteiger partial charge in [0.25, 0.3) is 15.9 Å². The van der Waals surface area contributed by atoms with E-state index in [4.69, 9.17) is 23.2 Å². The van der Waals surface area contributed by atoms with Gasteiger partial charge in [0.05, 0.1) is 10.6 Å².